The molecule has 1 atom stereocenters. The first kappa shape index (κ1) is 16.3. The van der Waals surface area contributed by atoms with E-state index in [1.807, 2.05) is 12.1 Å². The Labute approximate surface area is 125 Å². The lowest BCUT2D eigenvalue weighted by molar-refractivity contribution is -0.120. The van der Waals surface area contributed by atoms with Crippen molar-refractivity contribution >= 4 is 29.1 Å². The van der Waals surface area contributed by atoms with Gasteiger partial charge in [-0.1, -0.05) is 50.4 Å². The van der Waals surface area contributed by atoms with Crippen LogP contribution < -0.4 is 5.32 Å². The molecule has 1 N–H and O–H groups in total. The predicted molar refractivity (Wildman–Crippen MR) is 81.9 cm³/mol. The van der Waals surface area contributed by atoms with E-state index in [2.05, 4.69) is 19.2 Å². The molecular weight excluding hydrogens is 281 g/mol. The van der Waals surface area contributed by atoms with Crippen LogP contribution in [0.25, 0.3) is 0 Å². The number of hydrogen-bond donors (Lipinski definition) is 1. The molecular formula is C15H21Cl2NO. The molecule has 1 amide bonds. The fourth-order valence-electron chi connectivity index (χ4n) is 2.07. The number of hydrogen-bond acceptors (Lipinski definition) is 1. The number of alkyl halides is 1. The van der Waals surface area contributed by atoms with Crippen molar-refractivity contribution in [2.24, 2.45) is 5.92 Å². The van der Waals surface area contributed by atoms with Gasteiger partial charge in [0, 0.05) is 11.6 Å². The summed E-state index contributed by atoms with van der Waals surface area (Å²) in [5, 5.41) is 3.53. The first-order valence-corrected chi connectivity index (χ1v) is 7.53. The highest BCUT2D eigenvalue weighted by Crippen LogP contribution is 2.17. The topological polar surface area (TPSA) is 29.1 Å². The van der Waals surface area contributed by atoms with Crippen LogP contribution in [-0.2, 0) is 11.2 Å². The first-order chi connectivity index (χ1) is 9.06. The number of amides is 1. The molecule has 1 unspecified atom stereocenters. The monoisotopic (exact) mass is 301 g/mol. The van der Waals surface area contributed by atoms with Crippen LogP contribution in [0.4, 0.5) is 0 Å². The van der Waals surface area contributed by atoms with Crippen molar-refractivity contribution in [3.63, 3.8) is 0 Å². The second-order valence-corrected chi connectivity index (χ2v) is 5.70. The van der Waals surface area contributed by atoms with Gasteiger partial charge in [-0.15, -0.1) is 11.6 Å². The molecule has 0 bridgehead atoms. The predicted octanol–water partition coefficient (Wildman–Crippen LogP) is 4.04. The second-order valence-electron chi connectivity index (χ2n) is 4.70. The minimum absolute atomic E-state index is 0.00156. The molecule has 0 aliphatic heterocycles. The molecule has 1 aromatic carbocycles. The Morgan fingerprint density at radius 3 is 2.58 bits per heavy atom. The lowest BCUT2D eigenvalue weighted by Crippen LogP contribution is -2.34. The summed E-state index contributed by atoms with van der Waals surface area (Å²) in [6.07, 6.45) is 2.41. The molecule has 0 radical (unpaired) electrons. The molecule has 0 heterocycles. The van der Waals surface area contributed by atoms with Crippen LogP contribution in [0.5, 0.6) is 0 Å². The van der Waals surface area contributed by atoms with E-state index >= 15 is 0 Å². The molecule has 4 heteroatoms. The maximum Gasteiger partial charge on any atom is 0.224 e. The Kier molecular flexibility index (Phi) is 7.25. The summed E-state index contributed by atoms with van der Waals surface area (Å²) < 4.78 is 0. The lowest BCUT2D eigenvalue weighted by atomic mass is 9.99. The number of halogens is 2. The average Bonchev–Trinajstić information content (AvgIpc) is 2.38. The van der Waals surface area contributed by atoms with E-state index in [1.165, 1.54) is 0 Å². The van der Waals surface area contributed by atoms with Gasteiger partial charge in [-0.2, -0.15) is 0 Å². The molecule has 0 aliphatic rings. The van der Waals surface area contributed by atoms with Crippen LogP contribution in [-0.4, -0.2) is 17.8 Å². The number of carbonyl (C=O) groups is 1. The Morgan fingerprint density at radius 1 is 1.32 bits per heavy atom. The largest absolute Gasteiger partial charge is 0.354 e. The summed E-state index contributed by atoms with van der Waals surface area (Å²) in [7, 11) is 0. The highest BCUT2D eigenvalue weighted by molar-refractivity contribution is 6.30. The summed E-state index contributed by atoms with van der Waals surface area (Å²) in [6.45, 7) is 4.77. The molecule has 0 aromatic heterocycles. The summed E-state index contributed by atoms with van der Waals surface area (Å²) in [6, 6.07) is 7.34. The highest BCUT2D eigenvalue weighted by Gasteiger charge is 2.16. The fourth-order valence-corrected chi connectivity index (χ4v) is 2.72. The molecule has 106 valence electrons. The second kappa shape index (κ2) is 8.44. The SMILES string of the molecule is CCC(CC)C(Cl)CNC(=O)Cc1cccc(Cl)c1. The molecule has 0 fully saturated rings. The van der Waals surface area contributed by atoms with Gasteiger partial charge in [0.15, 0.2) is 0 Å². The Bertz CT molecular complexity index is 405. The van der Waals surface area contributed by atoms with E-state index < -0.39 is 0 Å². The van der Waals surface area contributed by atoms with Gasteiger partial charge in [-0.3, -0.25) is 4.79 Å². The summed E-state index contributed by atoms with van der Waals surface area (Å²) in [4.78, 5) is 11.8. The Morgan fingerprint density at radius 2 is 2.00 bits per heavy atom. The molecule has 0 aliphatic carbocycles. The highest BCUT2D eigenvalue weighted by atomic mass is 35.5. The summed E-state index contributed by atoms with van der Waals surface area (Å²) in [5.41, 5.74) is 0.915. The van der Waals surface area contributed by atoms with Gasteiger partial charge < -0.3 is 5.32 Å². The van der Waals surface area contributed by atoms with Gasteiger partial charge in [0.2, 0.25) is 5.91 Å². The average molecular weight is 302 g/mol. The lowest BCUT2D eigenvalue weighted by Gasteiger charge is -2.19. The number of benzene rings is 1. The zero-order valence-electron chi connectivity index (χ0n) is 11.5. The van der Waals surface area contributed by atoms with E-state index in [0.29, 0.717) is 23.9 Å². The molecule has 1 rings (SSSR count). The quantitative estimate of drug-likeness (QED) is 0.757. The van der Waals surface area contributed by atoms with Gasteiger partial charge in [-0.25, -0.2) is 0 Å². The van der Waals surface area contributed by atoms with E-state index in [-0.39, 0.29) is 11.3 Å². The van der Waals surface area contributed by atoms with Gasteiger partial charge in [0.1, 0.15) is 0 Å². The van der Waals surface area contributed by atoms with Gasteiger partial charge in [0.25, 0.3) is 0 Å². The third-order valence-corrected chi connectivity index (χ3v) is 4.05. The van der Waals surface area contributed by atoms with Gasteiger partial charge in [0.05, 0.1) is 11.8 Å². The standard InChI is InChI=1S/C15H21Cl2NO/c1-3-12(4-2)14(17)10-18-15(19)9-11-6-5-7-13(16)8-11/h5-8,12,14H,3-4,9-10H2,1-2H3,(H,18,19). The van der Waals surface area contributed by atoms with Gasteiger partial charge >= 0.3 is 0 Å². The molecule has 0 saturated heterocycles. The first-order valence-electron chi connectivity index (χ1n) is 6.72. The minimum atomic E-state index is -0.0149. The van der Waals surface area contributed by atoms with Crippen LogP contribution in [0.1, 0.15) is 32.3 Å². The van der Waals surface area contributed by atoms with Crippen LogP contribution in [0.2, 0.25) is 5.02 Å². The van der Waals surface area contributed by atoms with Crippen LogP contribution in [0.3, 0.4) is 0 Å². The van der Waals surface area contributed by atoms with Crippen molar-refractivity contribution in [3.8, 4) is 0 Å². The number of carbonyl (C=O) groups excluding carboxylic acids is 1. The van der Waals surface area contributed by atoms with E-state index in [0.717, 1.165) is 18.4 Å². The molecule has 0 spiro atoms. The third kappa shape index (κ3) is 5.84. The number of rotatable bonds is 7. The molecule has 1 aromatic rings. The summed E-state index contributed by atoms with van der Waals surface area (Å²) in [5.74, 6) is 0.437. The maximum absolute atomic E-state index is 11.8. The zero-order valence-corrected chi connectivity index (χ0v) is 13.0. The Balaban J connectivity index is 2.39. The van der Waals surface area contributed by atoms with Crippen molar-refractivity contribution in [2.45, 2.75) is 38.5 Å². The van der Waals surface area contributed by atoms with Crippen molar-refractivity contribution < 1.29 is 4.79 Å². The Hall–Kier alpha value is -0.730. The van der Waals surface area contributed by atoms with Crippen molar-refractivity contribution in [2.75, 3.05) is 6.54 Å². The molecule has 2 nitrogen and oxygen atoms in total. The number of nitrogens with one attached hydrogen (secondary N) is 1. The van der Waals surface area contributed by atoms with Crippen molar-refractivity contribution in [3.05, 3.63) is 34.9 Å². The minimum Gasteiger partial charge on any atom is -0.354 e. The van der Waals surface area contributed by atoms with Crippen molar-refractivity contribution in [1.82, 2.24) is 5.32 Å². The van der Waals surface area contributed by atoms with Crippen LogP contribution >= 0.6 is 23.2 Å². The zero-order chi connectivity index (χ0) is 14.3. The van der Waals surface area contributed by atoms with E-state index in [1.54, 1.807) is 12.1 Å². The van der Waals surface area contributed by atoms with Crippen LogP contribution in [0, 0.1) is 5.92 Å². The van der Waals surface area contributed by atoms with Gasteiger partial charge in [-0.05, 0) is 23.6 Å². The molecule has 0 saturated carbocycles. The van der Waals surface area contributed by atoms with E-state index in [9.17, 15) is 4.79 Å². The summed E-state index contributed by atoms with van der Waals surface area (Å²) >= 11 is 12.2. The fraction of sp³-hybridized carbons (Fsp3) is 0.533. The molecule has 19 heavy (non-hydrogen) atoms. The normalized spacial score (nSPS) is 12.5. The third-order valence-electron chi connectivity index (χ3n) is 3.31. The smallest absolute Gasteiger partial charge is 0.224 e. The van der Waals surface area contributed by atoms with E-state index in [4.69, 9.17) is 23.2 Å². The van der Waals surface area contributed by atoms with Crippen molar-refractivity contribution in [1.29, 1.82) is 0 Å². The van der Waals surface area contributed by atoms with Crippen LogP contribution in [0.15, 0.2) is 24.3 Å². The maximum atomic E-state index is 11.8.